The van der Waals surface area contributed by atoms with Crippen molar-refractivity contribution in [2.75, 3.05) is 20.3 Å². The SMILES string of the molecule is COCC(O)C(O)C(C)NC[C@H](C)C[C@@](C)(O)C[C@@H](C)CC(C)C=O. The van der Waals surface area contributed by atoms with Crippen molar-refractivity contribution in [3.8, 4) is 0 Å². The third kappa shape index (κ3) is 10.9. The van der Waals surface area contributed by atoms with E-state index in [1.807, 2.05) is 27.7 Å². The summed E-state index contributed by atoms with van der Waals surface area (Å²) in [4.78, 5) is 10.8. The number of rotatable bonds is 14. The lowest BCUT2D eigenvalue weighted by molar-refractivity contribution is -0.111. The van der Waals surface area contributed by atoms with Crippen LogP contribution in [0, 0.1) is 17.8 Å². The summed E-state index contributed by atoms with van der Waals surface area (Å²) in [6.45, 7) is 10.4. The highest BCUT2D eigenvalue weighted by Crippen LogP contribution is 2.27. The Hall–Kier alpha value is -0.530. The van der Waals surface area contributed by atoms with Crippen LogP contribution in [0.4, 0.5) is 0 Å². The van der Waals surface area contributed by atoms with Crippen LogP contribution in [-0.4, -0.2) is 65.7 Å². The summed E-state index contributed by atoms with van der Waals surface area (Å²) in [5, 5.41) is 33.6. The molecular weight excluding hydrogens is 322 g/mol. The maximum absolute atomic E-state index is 10.8. The van der Waals surface area contributed by atoms with Gasteiger partial charge in [-0.3, -0.25) is 0 Å². The van der Waals surface area contributed by atoms with E-state index < -0.39 is 17.8 Å². The summed E-state index contributed by atoms with van der Waals surface area (Å²) in [6, 6.07) is -0.273. The fourth-order valence-corrected chi connectivity index (χ4v) is 3.54. The third-order valence-corrected chi connectivity index (χ3v) is 4.62. The van der Waals surface area contributed by atoms with Crippen LogP contribution in [0.25, 0.3) is 0 Å². The van der Waals surface area contributed by atoms with Gasteiger partial charge in [-0.25, -0.2) is 0 Å². The van der Waals surface area contributed by atoms with Crippen molar-refractivity contribution in [2.45, 2.75) is 77.7 Å². The fraction of sp³-hybridized carbons (Fsp3) is 0.947. The molecule has 0 spiro atoms. The first kappa shape index (κ1) is 24.5. The molecule has 4 unspecified atom stereocenters. The van der Waals surface area contributed by atoms with Gasteiger partial charge in [0, 0.05) is 19.1 Å². The minimum Gasteiger partial charge on any atom is -0.390 e. The number of aliphatic hydroxyl groups is 3. The average Bonchev–Trinajstić information content (AvgIpc) is 2.50. The topological polar surface area (TPSA) is 99.0 Å². The molecule has 0 bridgehead atoms. The highest BCUT2D eigenvalue weighted by Gasteiger charge is 2.28. The predicted octanol–water partition coefficient (Wildman–Crippen LogP) is 1.36. The van der Waals surface area contributed by atoms with Crippen molar-refractivity contribution in [3.05, 3.63) is 0 Å². The van der Waals surface area contributed by atoms with Crippen molar-refractivity contribution in [1.82, 2.24) is 5.32 Å². The Balaban J connectivity index is 4.29. The Morgan fingerprint density at radius 3 is 2.20 bits per heavy atom. The first-order valence-corrected chi connectivity index (χ1v) is 9.28. The summed E-state index contributed by atoms with van der Waals surface area (Å²) < 4.78 is 4.85. The number of hydrogen-bond acceptors (Lipinski definition) is 6. The van der Waals surface area contributed by atoms with E-state index in [0.29, 0.717) is 19.4 Å². The van der Waals surface area contributed by atoms with E-state index in [-0.39, 0.29) is 30.4 Å². The fourth-order valence-electron chi connectivity index (χ4n) is 3.54. The van der Waals surface area contributed by atoms with Crippen molar-refractivity contribution >= 4 is 6.29 Å². The molecule has 0 saturated carbocycles. The summed E-state index contributed by atoms with van der Waals surface area (Å²) in [5.74, 6) is 0.506. The van der Waals surface area contributed by atoms with E-state index in [2.05, 4.69) is 12.2 Å². The molecule has 0 rings (SSSR count). The minimum absolute atomic E-state index is 0.0192. The molecule has 6 nitrogen and oxygen atoms in total. The molecule has 0 aromatic rings. The van der Waals surface area contributed by atoms with Crippen LogP contribution in [-0.2, 0) is 9.53 Å². The maximum atomic E-state index is 10.8. The second-order valence-electron chi connectivity index (χ2n) is 8.17. The van der Waals surface area contributed by atoms with E-state index in [1.54, 1.807) is 0 Å². The number of aliphatic hydroxyl groups excluding tert-OH is 2. The first-order chi connectivity index (χ1) is 11.5. The van der Waals surface area contributed by atoms with Gasteiger partial charge in [-0.1, -0.05) is 20.8 Å². The summed E-state index contributed by atoms with van der Waals surface area (Å²) in [7, 11) is 1.48. The van der Waals surface area contributed by atoms with Crippen LogP contribution >= 0.6 is 0 Å². The normalized spacial score (nSPS) is 21.6. The van der Waals surface area contributed by atoms with Gasteiger partial charge in [-0.15, -0.1) is 0 Å². The highest BCUT2D eigenvalue weighted by molar-refractivity contribution is 5.52. The molecular formula is C19H39NO5. The molecule has 0 aliphatic rings. The largest absolute Gasteiger partial charge is 0.390 e. The lowest BCUT2D eigenvalue weighted by Gasteiger charge is -2.31. The van der Waals surface area contributed by atoms with Gasteiger partial charge >= 0.3 is 0 Å². The molecule has 25 heavy (non-hydrogen) atoms. The Labute approximate surface area is 153 Å². The number of nitrogens with one attached hydrogen (secondary N) is 1. The monoisotopic (exact) mass is 361 g/mol. The van der Waals surface area contributed by atoms with E-state index >= 15 is 0 Å². The minimum atomic E-state index is -0.924. The lowest BCUT2D eigenvalue weighted by atomic mass is 9.82. The van der Waals surface area contributed by atoms with Crippen molar-refractivity contribution < 1.29 is 24.9 Å². The molecule has 0 aromatic heterocycles. The molecule has 4 N–H and O–H groups in total. The molecule has 6 heteroatoms. The van der Waals surface area contributed by atoms with Gasteiger partial charge in [0.1, 0.15) is 12.4 Å². The Bertz CT molecular complexity index is 364. The van der Waals surface area contributed by atoms with Gasteiger partial charge in [0.05, 0.1) is 18.3 Å². The number of carbonyl (C=O) groups excluding carboxylic acids is 1. The van der Waals surface area contributed by atoms with Crippen LogP contribution in [0.15, 0.2) is 0 Å². The van der Waals surface area contributed by atoms with Crippen LogP contribution in [0.3, 0.4) is 0 Å². The van der Waals surface area contributed by atoms with Gasteiger partial charge in [-0.05, 0) is 51.5 Å². The van der Waals surface area contributed by atoms with E-state index in [9.17, 15) is 20.1 Å². The molecule has 0 amide bonds. The van der Waals surface area contributed by atoms with Gasteiger partial charge in [0.2, 0.25) is 0 Å². The van der Waals surface area contributed by atoms with Gasteiger partial charge in [0.15, 0.2) is 0 Å². The Kier molecular flexibility index (Phi) is 11.7. The lowest BCUT2D eigenvalue weighted by Crippen LogP contribution is -2.47. The van der Waals surface area contributed by atoms with E-state index in [1.165, 1.54) is 7.11 Å². The van der Waals surface area contributed by atoms with Crippen molar-refractivity contribution in [3.63, 3.8) is 0 Å². The average molecular weight is 362 g/mol. The quantitative estimate of drug-likeness (QED) is 0.349. The number of methoxy groups -OCH3 is 1. The van der Waals surface area contributed by atoms with Crippen molar-refractivity contribution in [1.29, 1.82) is 0 Å². The Morgan fingerprint density at radius 1 is 1.12 bits per heavy atom. The smallest absolute Gasteiger partial charge is 0.122 e. The Morgan fingerprint density at radius 2 is 1.68 bits per heavy atom. The summed E-state index contributed by atoms with van der Waals surface area (Å²) in [5.41, 5.74) is -0.791. The van der Waals surface area contributed by atoms with Crippen LogP contribution in [0.5, 0.6) is 0 Å². The molecule has 0 aliphatic carbocycles. The second kappa shape index (κ2) is 12.0. The summed E-state index contributed by atoms with van der Waals surface area (Å²) >= 11 is 0. The predicted molar refractivity (Wildman–Crippen MR) is 99.4 cm³/mol. The number of hydrogen-bond donors (Lipinski definition) is 4. The van der Waals surface area contributed by atoms with Gasteiger partial charge < -0.3 is 30.2 Å². The van der Waals surface area contributed by atoms with Crippen LogP contribution in [0.1, 0.15) is 53.9 Å². The molecule has 0 aliphatic heterocycles. The third-order valence-electron chi connectivity index (χ3n) is 4.62. The molecule has 0 saturated heterocycles. The molecule has 0 radical (unpaired) electrons. The van der Waals surface area contributed by atoms with Gasteiger partial charge in [0.25, 0.3) is 0 Å². The zero-order valence-corrected chi connectivity index (χ0v) is 16.7. The molecule has 0 fully saturated rings. The van der Waals surface area contributed by atoms with Crippen LogP contribution in [0.2, 0.25) is 0 Å². The first-order valence-electron chi connectivity index (χ1n) is 9.28. The molecule has 7 atom stereocenters. The number of carbonyl (C=O) groups is 1. The van der Waals surface area contributed by atoms with E-state index in [0.717, 1.165) is 12.7 Å². The highest BCUT2D eigenvalue weighted by atomic mass is 16.5. The van der Waals surface area contributed by atoms with Gasteiger partial charge in [-0.2, -0.15) is 0 Å². The zero-order valence-electron chi connectivity index (χ0n) is 16.7. The van der Waals surface area contributed by atoms with E-state index in [4.69, 9.17) is 4.74 Å². The number of aldehydes is 1. The zero-order chi connectivity index (χ0) is 19.6. The number of ether oxygens (including phenoxy) is 1. The molecule has 150 valence electrons. The maximum Gasteiger partial charge on any atom is 0.122 e. The standard InChI is InChI=1S/C19H39NO5/c1-13(7-14(2)11-21)8-19(5,24)9-15(3)10-20-16(4)18(23)17(22)12-25-6/h11,13-18,20,22-24H,7-10,12H2,1-6H3/t13-,14?,15+,16?,17?,18?,19-/m0/s1. The second-order valence-corrected chi connectivity index (χ2v) is 8.17. The molecule has 0 heterocycles. The van der Waals surface area contributed by atoms with Crippen LogP contribution < -0.4 is 5.32 Å². The summed E-state index contributed by atoms with van der Waals surface area (Å²) in [6.07, 6.45) is 1.20. The van der Waals surface area contributed by atoms with Crippen molar-refractivity contribution in [2.24, 2.45) is 17.8 Å². The molecule has 0 aromatic carbocycles.